The second-order valence-electron chi connectivity index (χ2n) is 4.45. The highest BCUT2D eigenvalue weighted by Crippen LogP contribution is 2.36. The predicted molar refractivity (Wildman–Crippen MR) is 75.9 cm³/mol. The van der Waals surface area contributed by atoms with Crippen LogP contribution in [0.5, 0.6) is 11.5 Å². The molecule has 98 valence electrons. The van der Waals surface area contributed by atoms with Gasteiger partial charge in [0.1, 0.15) is 17.6 Å². The largest absolute Gasteiger partial charge is 0.493 e. The fraction of sp³-hybridized carbons (Fsp3) is 0.250. The molecule has 1 aliphatic heterocycles. The molecule has 0 saturated heterocycles. The summed E-state index contributed by atoms with van der Waals surface area (Å²) >= 11 is 0. The van der Waals surface area contributed by atoms with Gasteiger partial charge in [0, 0.05) is 5.56 Å². The molecule has 0 spiro atoms. The Balaban J connectivity index is 1.89. The number of rotatable bonds is 3. The topological polar surface area (TPSA) is 30.5 Å². The molecule has 0 radical (unpaired) electrons. The van der Waals surface area contributed by atoms with Crippen molar-refractivity contribution in [2.24, 2.45) is 0 Å². The second-order valence-corrected chi connectivity index (χ2v) is 4.45. The van der Waals surface area contributed by atoms with Gasteiger partial charge < -0.3 is 14.8 Å². The minimum atomic E-state index is -0.0161. The summed E-state index contributed by atoms with van der Waals surface area (Å²) in [5, 5.41) is 3.40. The molecule has 1 atom stereocenters. The average molecular weight is 255 g/mol. The molecule has 3 heteroatoms. The van der Waals surface area contributed by atoms with Gasteiger partial charge in [-0.15, -0.1) is 0 Å². The lowest BCUT2D eigenvalue weighted by Crippen LogP contribution is -2.24. The van der Waals surface area contributed by atoms with E-state index in [4.69, 9.17) is 9.47 Å². The van der Waals surface area contributed by atoms with Gasteiger partial charge in [-0.1, -0.05) is 30.3 Å². The Morgan fingerprint density at radius 3 is 2.84 bits per heavy atom. The van der Waals surface area contributed by atoms with Gasteiger partial charge in [0.2, 0.25) is 0 Å². The SMILES string of the molecule is CCOc1ccccc1C1CNc2ccccc2O1. The standard InChI is InChI=1S/C16H17NO2/c1-2-18-14-9-5-3-7-12(14)16-11-17-13-8-4-6-10-15(13)19-16/h3-10,16-17H,2,11H2,1H3. The zero-order chi connectivity index (χ0) is 13.1. The lowest BCUT2D eigenvalue weighted by Gasteiger charge is -2.28. The maximum absolute atomic E-state index is 6.06. The van der Waals surface area contributed by atoms with Crippen LogP contribution in [-0.2, 0) is 0 Å². The van der Waals surface area contributed by atoms with Crippen LogP contribution in [-0.4, -0.2) is 13.2 Å². The summed E-state index contributed by atoms with van der Waals surface area (Å²) in [6.07, 6.45) is -0.0161. The highest BCUT2D eigenvalue weighted by atomic mass is 16.5. The smallest absolute Gasteiger partial charge is 0.145 e. The van der Waals surface area contributed by atoms with Crippen LogP contribution in [0, 0.1) is 0 Å². The third kappa shape index (κ3) is 2.36. The van der Waals surface area contributed by atoms with E-state index in [1.807, 2.05) is 49.4 Å². The van der Waals surface area contributed by atoms with Crippen molar-refractivity contribution >= 4 is 5.69 Å². The molecule has 3 rings (SSSR count). The number of ether oxygens (including phenoxy) is 2. The Bertz CT molecular complexity index is 568. The maximum Gasteiger partial charge on any atom is 0.145 e. The molecule has 1 heterocycles. The Hall–Kier alpha value is -2.16. The van der Waals surface area contributed by atoms with Crippen LogP contribution in [0.2, 0.25) is 0 Å². The monoisotopic (exact) mass is 255 g/mol. The number of hydrogen-bond donors (Lipinski definition) is 1. The molecule has 2 aromatic rings. The normalized spacial score (nSPS) is 17.0. The van der Waals surface area contributed by atoms with E-state index in [0.717, 1.165) is 29.3 Å². The first-order chi connectivity index (χ1) is 9.38. The molecular formula is C16H17NO2. The molecule has 0 bridgehead atoms. The van der Waals surface area contributed by atoms with Crippen LogP contribution in [0.15, 0.2) is 48.5 Å². The predicted octanol–water partition coefficient (Wildman–Crippen LogP) is 3.63. The van der Waals surface area contributed by atoms with Crippen molar-refractivity contribution < 1.29 is 9.47 Å². The van der Waals surface area contributed by atoms with E-state index in [2.05, 4.69) is 11.4 Å². The number of fused-ring (bicyclic) bond motifs is 1. The van der Waals surface area contributed by atoms with Crippen molar-refractivity contribution in [1.29, 1.82) is 0 Å². The van der Waals surface area contributed by atoms with Gasteiger partial charge in [-0.05, 0) is 25.1 Å². The Morgan fingerprint density at radius 2 is 1.95 bits per heavy atom. The molecule has 0 saturated carbocycles. The fourth-order valence-corrected chi connectivity index (χ4v) is 2.32. The zero-order valence-corrected chi connectivity index (χ0v) is 10.9. The van der Waals surface area contributed by atoms with Crippen molar-refractivity contribution in [2.45, 2.75) is 13.0 Å². The first-order valence-corrected chi connectivity index (χ1v) is 6.59. The molecule has 0 aliphatic carbocycles. The highest BCUT2D eigenvalue weighted by molar-refractivity contribution is 5.58. The van der Waals surface area contributed by atoms with Gasteiger partial charge in [-0.25, -0.2) is 0 Å². The molecule has 0 fully saturated rings. The summed E-state index contributed by atoms with van der Waals surface area (Å²) < 4.78 is 11.7. The van der Waals surface area contributed by atoms with E-state index < -0.39 is 0 Å². The minimum absolute atomic E-state index is 0.0161. The summed E-state index contributed by atoms with van der Waals surface area (Å²) in [6, 6.07) is 16.0. The van der Waals surface area contributed by atoms with Crippen molar-refractivity contribution in [3.8, 4) is 11.5 Å². The zero-order valence-electron chi connectivity index (χ0n) is 10.9. The first-order valence-electron chi connectivity index (χ1n) is 6.59. The van der Waals surface area contributed by atoms with E-state index >= 15 is 0 Å². The van der Waals surface area contributed by atoms with Crippen LogP contribution in [0.4, 0.5) is 5.69 Å². The van der Waals surface area contributed by atoms with Crippen molar-refractivity contribution in [1.82, 2.24) is 0 Å². The molecular weight excluding hydrogens is 238 g/mol. The minimum Gasteiger partial charge on any atom is -0.493 e. The van der Waals surface area contributed by atoms with E-state index in [1.165, 1.54) is 0 Å². The molecule has 1 unspecified atom stereocenters. The highest BCUT2D eigenvalue weighted by Gasteiger charge is 2.23. The number of hydrogen-bond acceptors (Lipinski definition) is 3. The lowest BCUT2D eigenvalue weighted by atomic mass is 10.1. The number of nitrogens with one attached hydrogen (secondary N) is 1. The van der Waals surface area contributed by atoms with Gasteiger partial charge in [0.05, 0.1) is 18.8 Å². The molecule has 0 aromatic heterocycles. The third-order valence-electron chi connectivity index (χ3n) is 3.20. The van der Waals surface area contributed by atoms with Crippen LogP contribution < -0.4 is 14.8 Å². The first kappa shape index (κ1) is 11.9. The summed E-state index contributed by atoms with van der Waals surface area (Å²) in [5.41, 5.74) is 2.14. The lowest BCUT2D eigenvalue weighted by molar-refractivity contribution is 0.203. The Kier molecular flexibility index (Phi) is 3.27. The summed E-state index contributed by atoms with van der Waals surface area (Å²) in [4.78, 5) is 0. The van der Waals surface area contributed by atoms with Gasteiger partial charge in [0.25, 0.3) is 0 Å². The number of benzene rings is 2. The molecule has 0 amide bonds. The van der Waals surface area contributed by atoms with Gasteiger partial charge in [-0.3, -0.25) is 0 Å². The van der Waals surface area contributed by atoms with Crippen LogP contribution in [0.3, 0.4) is 0 Å². The summed E-state index contributed by atoms with van der Waals surface area (Å²) in [5.74, 6) is 1.79. The Morgan fingerprint density at radius 1 is 1.16 bits per heavy atom. The van der Waals surface area contributed by atoms with E-state index in [-0.39, 0.29) is 6.10 Å². The second kappa shape index (κ2) is 5.22. The summed E-state index contributed by atoms with van der Waals surface area (Å²) in [7, 11) is 0. The van der Waals surface area contributed by atoms with Crippen LogP contribution in [0.25, 0.3) is 0 Å². The molecule has 2 aromatic carbocycles. The van der Waals surface area contributed by atoms with E-state index in [0.29, 0.717) is 6.61 Å². The number of anilines is 1. The van der Waals surface area contributed by atoms with E-state index in [1.54, 1.807) is 0 Å². The van der Waals surface area contributed by atoms with Gasteiger partial charge >= 0.3 is 0 Å². The van der Waals surface area contributed by atoms with Crippen molar-refractivity contribution in [3.05, 3.63) is 54.1 Å². The van der Waals surface area contributed by atoms with Crippen molar-refractivity contribution in [3.63, 3.8) is 0 Å². The quantitative estimate of drug-likeness (QED) is 0.908. The van der Waals surface area contributed by atoms with E-state index in [9.17, 15) is 0 Å². The molecule has 1 N–H and O–H groups in total. The Labute approximate surface area is 113 Å². The van der Waals surface area contributed by atoms with Gasteiger partial charge in [-0.2, -0.15) is 0 Å². The van der Waals surface area contributed by atoms with Crippen molar-refractivity contribution in [2.75, 3.05) is 18.5 Å². The number of para-hydroxylation sites is 3. The molecule has 3 nitrogen and oxygen atoms in total. The summed E-state index contributed by atoms with van der Waals surface area (Å²) in [6.45, 7) is 3.40. The molecule has 1 aliphatic rings. The van der Waals surface area contributed by atoms with Gasteiger partial charge in [0.15, 0.2) is 0 Å². The van der Waals surface area contributed by atoms with Crippen LogP contribution >= 0.6 is 0 Å². The molecule has 19 heavy (non-hydrogen) atoms. The maximum atomic E-state index is 6.06. The average Bonchev–Trinajstić information content (AvgIpc) is 2.48. The fourth-order valence-electron chi connectivity index (χ4n) is 2.32. The third-order valence-corrected chi connectivity index (χ3v) is 3.20. The van der Waals surface area contributed by atoms with Crippen LogP contribution in [0.1, 0.15) is 18.6 Å².